The highest BCUT2D eigenvalue weighted by Gasteiger charge is 1.98. The Hall–Kier alpha value is -1.64. The second-order valence-electron chi connectivity index (χ2n) is 1.97. The van der Waals surface area contributed by atoms with Crippen LogP contribution >= 0.6 is 0 Å². The number of hydrogen-bond acceptors (Lipinski definition) is 3. The van der Waals surface area contributed by atoms with Gasteiger partial charge in [-0.15, -0.1) is 0 Å². The van der Waals surface area contributed by atoms with Gasteiger partial charge in [-0.05, 0) is 0 Å². The van der Waals surface area contributed by atoms with Crippen LogP contribution in [0.3, 0.4) is 0 Å². The van der Waals surface area contributed by atoms with Crippen molar-refractivity contribution in [3.8, 4) is 0 Å². The highest BCUT2D eigenvalue weighted by molar-refractivity contribution is 6.36. The van der Waals surface area contributed by atoms with Gasteiger partial charge >= 0.3 is 0 Å². The summed E-state index contributed by atoms with van der Waals surface area (Å²) in [6.45, 7) is 0. The van der Waals surface area contributed by atoms with Crippen LogP contribution < -0.4 is 0 Å². The van der Waals surface area contributed by atoms with Crippen LogP contribution in [0.5, 0.6) is 0 Å². The largest absolute Gasteiger partial charge is 0.410 e. The number of aldehydes is 1. The van der Waals surface area contributed by atoms with Gasteiger partial charge < -0.3 is 5.21 Å². The molecule has 3 nitrogen and oxygen atoms in total. The van der Waals surface area contributed by atoms with E-state index in [2.05, 4.69) is 5.16 Å². The summed E-state index contributed by atoms with van der Waals surface area (Å²) in [6, 6.07) is 8.75. The smallest absolute Gasteiger partial charge is 0.172 e. The standard InChI is InChI=1S/C8H7NO2/c10-6-8(9-11)7-4-2-1-3-5-7/h1-6,11H/b9-8-. The maximum Gasteiger partial charge on any atom is 0.172 e. The molecule has 1 aromatic rings. The fourth-order valence-electron chi connectivity index (χ4n) is 0.758. The van der Waals surface area contributed by atoms with E-state index >= 15 is 0 Å². The number of benzene rings is 1. The van der Waals surface area contributed by atoms with Crippen molar-refractivity contribution in [1.82, 2.24) is 0 Å². The van der Waals surface area contributed by atoms with Crippen molar-refractivity contribution >= 4 is 12.0 Å². The molecule has 0 spiro atoms. The Morgan fingerprint density at radius 1 is 1.36 bits per heavy atom. The van der Waals surface area contributed by atoms with Crippen molar-refractivity contribution in [2.24, 2.45) is 5.16 Å². The van der Waals surface area contributed by atoms with Crippen LogP contribution in [0.1, 0.15) is 5.56 Å². The van der Waals surface area contributed by atoms with Crippen LogP contribution in [-0.2, 0) is 4.79 Å². The normalized spacial score (nSPS) is 11.1. The molecule has 0 aliphatic carbocycles. The Labute approximate surface area is 64.0 Å². The Bertz CT molecular complexity index is 267. The van der Waals surface area contributed by atoms with E-state index in [0.717, 1.165) is 0 Å². The number of rotatable bonds is 2. The van der Waals surface area contributed by atoms with Gasteiger partial charge in [-0.2, -0.15) is 0 Å². The lowest BCUT2D eigenvalue weighted by Gasteiger charge is -1.93. The lowest BCUT2D eigenvalue weighted by atomic mass is 10.1. The monoisotopic (exact) mass is 149 g/mol. The number of carbonyl (C=O) groups excluding carboxylic acids is 1. The summed E-state index contributed by atoms with van der Waals surface area (Å²) in [6.07, 6.45) is 0.509. The summed E-state index contributed by atoms with van der Waals surface area (Å²) < 4.78 is 0. The van der Waals surface area contributed by atoms with Gasteiger partial charge in [0.25, 0.3) is 0 Å². The van der Waals surface area contributed by atoms with Crippen molar-refractivity contribution < 1.29 is 10.0 Å². The van der Waals surface area contributed by atoms with Gasteiger partial charge in [0.2, 0.25) is 0 Å². The highest BCUT2D eigenvalue weighted by Crippen LogP contribution is 1.98. The molecule has 0 radical (unpaired) electrons. The number of nitrogens with zero attached hydrogens (tertiary/aromatic N) is 1. The molecule has 0 aromatic heterocycles. The predicted molar refractivity (Wildman–Crippen MR) is 40.8 cm³/mol. The average Bonchev–Trinajstić information content (AvgIpc) is 2.09. The van der Waals surface area contributed by atoms with Gasteiger partial charge in [-0.25, -0.2) is 0 Å². The van der Waals surface area contributed by atoms with Crippen molar-refractivity contribution in [3.05, 3.63) is 35.9 Å². The molecular weight excluding hydrogens is 142 g/mol. The quantitative estimate of drug-likeness (QED) is 0.296. The Morgan fingerprint density at radius 3 is 2.45 bits per heavy atom. The van der Waals surface area contributed by atoms with Gasteiger partial charge in [0, 0.05) is 5.56 Å². The summed E-state index contributed by atoms with van der Waals surface area (Å²) in [5.41, 5.74) is 0.663. The van der Waals surface area contributed by atoms with Gasteiger partial charge in [0.05, 0.1) is 0 Å². The number of carbonyl (C=O) groups is 1. The molecule has 1 rings (SSSR count). The molecule has 0 amide bonds. The molecule has 0 heterocycles. The lowest BCUT2D eigenvalue weighted by molar-refractivity contribution is -0.102. The summed E-state index contributed by atoms with van der Waals surface area (Å²) in [5, 5.41) is 11.2. The van der Waals surface area contributed by atoms with Crippen molar-refractivity contribution in [1.29, 1.82) is 0 Å². The van der Waals surface area contributed by atoms with E-state index < -0.39 is 0 Å². The zero-order valence-corrected chi connectivity index (χ0v) is 5.77. The molecule has 0 saturated carbocycles. The van der Waals surface area contributed by atoms with Crippen LogP contribution in [-0.4, -0.2) is 17.2 Å². The fraction of sp³-hybridized carbons (Fsp3) is 0. The fourth-order valence-corrected chi connectivity index (χ4v) is 0.758. The van der Waals surface area contributed by atoms with Crippen molar-refractivity contribution in [2.75, 3.05) is 0 Å². The molecule has 56 valence electrons. The predicted octanol–water partition coefficient (Wildman–Crippen LogP) is 1.06. The van der Waals surface area contributed by atoms with E-state index in [4.69, 9.17) is 5.21 Å². The van der Waals surface area contributed by atoms with Crippen molar-refractivity contribution in [3.63, 3.8) is 0 Å². The number of hydrogen-bond donors (Lipinski definition) is 1. The number of oxime groups is 1. The van der Waals surface area contributed by atoms with Crippen LogP contribution in [0.4, 0.5) is 0 Å². The van der Waals surface area contributed by atoms with Gasteiger partial charge in [-0.3, -0.25) is 4.79 Å². The SMILES string of the molecule is O=C/C(=N/O)c1ccccc1. The molecule has 11 heavy (non-hydrogen) atoms. The molecule has 1 N–H and O–H groups in total. The minimum Gasteiger partial charge on any atom is -0.410 e. The topological polar surface area (TPSA) is 49.7 Å². The maximum absolute atomic E-state index is 10.2. The molecule has 1 aromatic carbocycles. The molecule has 0 atom stereocenters. The summed E-state index contributed by atoms with van der Waals surface area (Å²) >= 11 is 0. The van der Waals surface area contributed by atoms with E-state index in [1.54, 1.807) is 24.3 Å². The molecule has 0 aliphatic rings. The van der Waals surface area contributed by atoms with Crippen LogP contribution in [0.2, 0.25) is 0 Å². The molecule has 0 saturated heterocycles. The minimum atomic E-state index is 0.0469. The summed E-state index contributed by atoms with van der Waals surface area (Å²) in [5.74, 6) is 0. The second kappa shape index (κ2) is 3.51. The van der Waals surface area contributed by atoms with Gasteiger partial charge in [-0.1, -0.05) is 35.5 Å². The summed E-state index contributed by atoms with van der Waals surface area (Å²) in [7, 11) is 0. The van der Waals surface area contributed by atoms with E-state index in [1.165, 1.54) is 0 Å². The average molecular weight is 149 g/mol. The first-order valence-corrected chi connectivity index (χ1v) is 3.11. The van der Waals surface area contributed by atoms with Crippen molar-refractivity contribution in [2.45, 2.75) is 0 Å². The molecule has 0 fully saturated rings. The van der Waals surface area contributed by atoms with Crippen LogP contribution in [0.25, 0.3) is 0 Å². The lowest BCUT2D eigenvalue weighted by Crippen LogP contribution is -2.00. The highest BCUT2D eigenvalue weighted by atomic mass is 16.4. The molecule has 3 heteroatoms. The van der Waals surface area contributed by atoms with E-state index in [-0.39, 0.29) is 5.71 Å². The third-order valence-electron chi connectivity index (χ3n) is 1.29. The van der Waals surface area contributed by atoms with Gasteiger partial charge in [0.1, 0.15) is 5.71 Å². The van der Waals surface area contributed by atoms with Crippen LogP contribution in [0, 0.1) is 0 Å². The van der Waals surface area contributed by atoms with Crippen LogP contribution in [0.15, 0.2) is 35.5 Å². The Morgan fingerprint density at radius 2 is 2.00 bits per heavy atom. The first-order chi connectivity index (χ1) is 5.38. The van der Waals surface area contributed by atoms with E-state index in [0.29, 0.717) is 11.8 Å². The summed E-state index contributed by atoms with van der Waals surface area (Å²) in [4.78, 5) is 10.2. The zero-order chi connectivity index (χ0) is 8.10. The van der Waals surface area contributed by atoms with E-state index in [1.807, 2.05) is 6.07 Å². The Balaban J connectivity index is 3.01. The molecule has 0 unspecified atom stereocenters. The van der Waals surface area contributed by atoms with Gasteiger partial charge in [0.15, 0.2) is 6.29 Å². The third kappa shape index (κ3) is 1.64. The molecule has 0 aliphatic heterocycles. The molecule has 0 bridgehead atoms. The first-order valence-electron chi connectivity index (χ1n) is 3.11. The zero-order valence-electron chi connectivity index (χ0n) is 5.77. The minimum absolute atomic E-state index is 0.0469. The second-order valence-corrected chi connectivity index (χ2v) is 1.97. The van der Waals surface area contributed by atoms with E-state index in [9.17, 15) is 4.79 Å². The molecular formula is C8H7NO2. The Kier molecular flexibility index (Phi) is 2.38. The first kappa shape index (κ1) is 7.47. The third-order valence-corrected chi connectivity index (χ3v) is 1.29. The maximum atomic E-state index is 10.2.